The molecule has 4 N–H and O–H groups in total. The van der Waals surface area contributed by atoms with Gasteiger partial charge in [0, 0.05) is 16.8 Å². The molecule has 1 aliphatic rings. The van der Waals surface area contributed by atoms with Gasteiger partial charge >= 0.3 is 0 Å². The molecule has 0 saturated carbocycles. The van der Waals surface area contributed by atoms with Crippen LogP contribution in [0, 0.1) is 13.8 Å². The summed E-state index contributed by atoms with van der Waals surface area (Å²) in [7, 11) is 0. The SMILES string of the molecule is Cc1cc(C2(c3ccc(N)c(C)c3)CC(C)(C)c3ccccc32)ccc1N. The third-order valence-corrected chi connectivity index (χ3v) is 6.35. The molecular formula is C25H28N2. The van der Waals surface area contributed by atoms with Crippen molar-refractivity contribution >= 4 is 11.4 Å². The highest BCUT2D eigenvalue weighted by Crippen LogP contribution is 2.56. The second kappa shape index (κ2) is 5.88. The van der Waals surface area contributed by atoms with E-state index in [1.54, 1.807) is 0 Å². The van der Waals surface area contributed by atoms with Crippen molar-refractivity contribution in [3.8, 4) is 0 Å². The van der Waals surface area contributed by atoms with Gasteiger partial charge in [0.05, 0.1) is 0 Å². The maximum absolute atomic E-state index is 6.14. The summed E-state index contributed by atoms with van der Waals surface area (Å²) in [6.07, 6.45) is 1.02. The maximum Gasteiger partial charge on any atom is 0.0462 e. The Morgan fingerprint density at radius 3 is 1.67 bits per heavy atom. The molecule has 27 heavy (non-hydrogen) atoms. The van der Waals surface area contributed by atoms with Gasteiger partial charge < -0.3 is 11.5 Å². The molecule has 0 aromatic heterocycles. The first-order valence-corrected chi connectivity index (χ1v) is 9.59. The lowest BCUT2D eigenvalue weighted by Crippen LogP contribution is -2.29. The minimum absolute atomic E-state index is 0.0845. The molecule has 0 amide bonds. The fourth-order valence-corrected chi connectivity index (χ4v) is 4.86. The number of nitrogens with two attached hydrogens (primary N) is 2. The van der Waals surface area contributed by atoms with Gasteiger partial charge in [0.15, 0.2) is 0 Å². The molecule has 0 atom stereocenters. The van der Waals surface area contributed by atoms with Crippen LogP contribution >= 0.6 is 0 Å². The van der Waals surface area contributed by atoms with E-state index in [2.05, 4.69) is 76.2 Å². The van der Waals surface area contributed by atoms with Crippen LogP contribution in [0.3, 0.4) is 0 Å². The van der Waals surface area contributed by atoms with Crippen molar-refractivity contribution in [3.63, 3.8) is 0 Å². The van der Waals surface area contributed by atoms with E-state index < -0.39 is 0 Å². The van der Waals surface area contributed by atoms with Gasteiger partial charge in [-0.1, -0.05) is 62.4 Å². The average molecular weight is 357 g/mol. The van der Waals surface area contributed by atoms with Crippen LogP contribution in [0.25, 0.3) is 0 Å². The zero-order chi connectivity index (χ0) is 19.4. The molecule has 0 aliphatic heterocycles. The van der Waals surface area contributed by atoms with E-state index in [0.29, 0.717) is 0 Å². The van der Waals surface area contributed by atoms with Crippen LogP contribution in [0.4, 0.5) is 11.4 Å². The van der Waals surface area contributed by atoms with Crippen molar-refractivity contribution in [2.75, 3.05) is 11.5 Å². The molecule has 4 rings (SSSR count). The standard InChI is InChI=1S/C25H28N2/c1-16-13-18(9-11-22(16)26)25(19-10-12-23(27)17(2)14-19)15-24(3,4)20-7-5-6-8-21(20)25/h5-14H,15,26-27H2,1-4H3. The Bertz CT molecular complexity index is 979. The van der Waals surface area contributed by atoms with Crippen molar-refractivity contribution in [3.05, 3.63) is 94.0 Å². The van der Waals surface area contributed by atoms with Crippen molar-refractivity contribution in [1.82, 2.24) is 0 Å². The Balaban J connectivity index is 2.08. The number of nitrogen functional groups attached to an aromatic ring is 2. The minimum atomic E-state index is -0.197. The second-order valence-corrected chi connectivity index (χ2v) is 8.65. The van der Waals surface area contributed by atoms with Crippen molar-refractivity contribution in [1.29, 1.82) is 0 Å². The van der Waals surface area contributed by atoms with Gasteiger partial charge in [-0.25, -0.2) is 0 Å². The van der Waals surface area contributed by atoms with Gasteiger partial charge in [0.25, 0.3) is 0 Å². The first-order chi connectivity index (χ1) is 12.8. The van der Waals surface area contributed by atoms with Crippen molar-refractivity contribution in [2.24, 2.45) is 0 Å². The Morgan fingerprint density at radius 2 is 1.19 bits per heavy atom. The molecule has 0 saturated heterocycles. The summed E-state index contributed by atoms with van der Waals surface area (Å²) in [6.45, 7) is 8.88. The van der Waals surface area contributed by atoms with Gasteiger partial charge in [0.1, 0.15) is 0 Å². The first-order valence-electron chi connectivity index (χ1n) is 9.59. The number of hydrogen-bond acceptors (Lipinski definition) is 2. The van der Waals surface area contributed by atoms with E-state index in [9.17, 15) is 0 Å². The van der Waals surface area contributed by atoms with Gasteiger partial charge in [0.2, 0.25) is 0 Å². The number of fused-ring (bicyclic) bond motifs is 1. The lowest BCUT2D eigenvalue weighted by atomic mass is 9.68. The molecule has 2 heteroatoms. The van der Waals surface area contributed by atoms with Crippen LogP contribution in [0.1, 0.15) is 53.6 Å². The lowest BCUT2D eigenvalue weighted by molar-refractivity contribution is 0.444. The fraction of sp³-hybridized carbons (Fsp3) is 0.280. The monoisotopic (exact) mass is 356 g/mol. The van der Waals surface area contributed by atoms with Crippen LogP contribution in [0.15, 0.2) is 60.7 Å². The number of benzene rings is 3. The highest BCUT2D eigenvalue weighted by Gasteiger charge is 2.49. The molecule has 2 nitrogen and oxygen atoms in total. The third kappa shape index (κ3) is 2.55. The molecular weight excluding hydrogens is 328 g/mol. The lowest BCUT2D eigenvalue weighted by Gasteiger charge is -2.34. The second-order valence-electron chi connectivity index (χ2n) is 8.65. The number of hydrogen-bond donors (Lipinski definition) is 2. The number of aryl methyl sites for hydroxylation is 2. The molecule has 0 unspecified atom stereocenters. The van der Waals surface area contributed by atoms with Crippen LogP contribution in [0.2, 0.25) is 0 Å². The van der Waals surface area contributed by atoms with Gasteiger partial charge in [-0.05, 0) is 71.2 Å². The summed E-state index contributed by atoms with van der Waals surface area (Å²) in [6, 6.07) is 21.9. The topological polar surface area (TPSA) is 52.0 Å². The van der Waals surface area contributed by atoms with E-state index in [1.165, 1.54) is 22.3 Å². The number of anilines is 2. The van der Waals surface area contributed by atoms with Crippen molar-refractivity contribution < 1.29 is 0 Å². The van der Waals surface area contributed by atoms with Crippen LogP contribution in [0.5, 0.6) is 0 Å². The molecule has 3 aromatic carbocycles. The molecule has 0 bridgehead atoms. The van der Waals surface area contributed by atoms with Crippen LogP contribution < -0.4 is 11.5 Å². The van der Waals surface area contributed by atoms with E-state index >= 15 is 0 Å². The normalized spacial score (nSPS) is 16.9. The number of rotatable bonds is 2. The molecule has 3 aromatic rings. The molecule has 0 spiro atoms. The largest absolute Gasteiger partial charge is 0.399 e. The smallest absolute Gasteiger partial charge is 0.0462 e. The Morgan fingerprint density at radius 1 is 0.704 bits per heavy atom. The zero-order valence-corrected chi connectivity index (χ0v) is 16.6. The van der Waals surface area contributed by atoms with E-state index in [0.717, 1.165) is 28.9 Å². The van der Waals surface area contributed by atoms with Gasteiger partial charge in [-0.15, -0.1) is 0 Å². The highest BCUT2D eigenvalue weighted by molar-refractivity contribution is 5.63. The van der Waals surface area contributed by atoms with Crippen LogP contribution in [-0.4, -0.2) is 0 Å². The zero-order valence-electron chi connectivity index (χ0n) is 16.6. The minimum Gasteiger partial charge on any atom is -0.399 e. The summed E-state index contributed by atoms with van der Waals surface area (Å²) in [5.74, 6) is 0. The van der Waals surface area contributed by atoms with Crippen molar-refractivity contribution in [2.45, 2.75) is 44.9 Å². The molecule has 0 radical (unpaired) electrons. The van der Waals surface area contributed by atoms with Gasteiger partial charge in [-0.3, -0.25) is 0 Å². The summed E-state index contributed by atoms with van der Waals surface area (Å²) >= 11 is 0. The van der Waals surface area contributed by atoms with E-state index in [1.807, 2.05) is 12.1 Å². The van der Waals surface area contributed by atoms with E-state index in [4.69, 9.17) is 11.5 Å². The molecule has 0 fully saturated rings. The summed E-state index contributed by atoms with van der Waals surface area (Å²) in [4.78, 5) is 0. The highest BCUT2D eigenvalue weighted by atomic mass is 14.6. The summed E-state index contributed by atoms with van der Waals surface area (Å²) in [5.41, 5.74) is 21.5. The molecule has 138 valence electrons. The molecule has 1 aliphatic carbocycles. The first kappa shape index (κ1) is 17.7. The fourth-order valence-electron chi connectivity index (χ4n) is 4.86. The maximum atomic E-state index is 6.14. The summed E-state index contributed by atoms with van der Waals surface area (Å²) < 4.78 is 0. The van der Waals surface area contributed by atoms with Crippen LogP contribution in [-0.2, 0) is 10.8 Å². The predicted octanol–water partition coefficient (Wildman–Crippen LogP) is 5.48. The molecule has 0 heterocycles. The predicted molar refractivity (Wildman–Crippen MR) is 115 cm³/mol. The Kier molecular flexibility index (Phi) is 3.85. The quantitative estimate of drug-likeness (QED) is 0.597. The average Bonchev–Trinajstić information content (AvgIpc) is 2.89. The Labute approximate surface area is 162 Å². The third-order valence-electron chi connectivity index (χ3n) is 6.35. The Hall–Kier alpha value is -2.74. The summed E-state index contributed by atoms with van der Waals surface area (Å²) in [5, 5.41) is 0. The van der Waals surface area contributed by atoms with Gasteiger partial charge in [-0.2, -0.15) is 0 Å². The van der Waals surface area contributed by atoms with E-state index in [-0.39, 0.29) is 10.8 Å².